The number of aromatic nitrogens is 2. The second kappa shape index (κ2) is 4.06. The van der Waals surface area contributed by atoms with Gasteiger partial charge in [0.2, 0.25) is 0 Å². The van der Waals surface area contributed by atoms with Crippen LogP contribution in [0.3, 0.4) is 0 Å². The predicted octanol–water partition coefficient (Wildman–Crippen LogP) is 0.957. The molecular formula is C14H16N4O. The normalized spacial score (nSPS) is 28.9. The van der Waals surface area contributed by atoms with Crippen LogP contribution in [0.2, 0.25) is 0 Å². The van der Waals surface area contributed by atoms with E-state index >= 15 is 0 Å². The molecule has 98 valence electrons. The summed E-state index contributed by atoms with van der Waals surface area (Å²) in [6.45, 7) is 0. The smallest absolute Gasteiger partial charge is 0.270 e. The van der Waals surface area contributed by atoms with Crippen LogP contribution in [-0.2, 0) is 0 Å². The zero-order valence-electron chi connectivity index (χ0n) is 10.5. The number of hydrogen-bond acceptors (Lipinski definition) is 3. The fraction of sp³-hybridized carbons (Fsp3) is 0.429. The van der Waals surface area contributed by atoms with E-state index in [4.69, 9.17) is 0 Å². The molecule has 2 saturated heterocycles. The van der Waals surface area contributed by atoms with Crippen molar-refractivity contribution in [3.63, 3.8) is 0 Å². The summed E-state index contributed by atoms with van der Waals surface area (Å²) >= 11 is 0. The van der Waals surface area contributed by atoms with Gasteiger partial charge in [-0.1, -0.05) is 0 Å². The third-order valence-electron chi connectivity index (χ3n) is 4.27. The topological polar surface area (TPSA) is 58.4 Å². The average Bonchev–Trinajstić information content (AvgIpc) is 3.13. The Morgan fingerprint density at radius 2 is 2.42 bits per heavy atom. The highest BCUT2D eigenvalue weighted by atomic mass is 16.2. The molecule has 4 rings (SSSR count). The molecule has 3 unspecified atom stereocenters. The van der Waals surface area contributed by atoms with Gasteiger partial charge in [-0.15, -0.1) is 0 Å². The van der Waals surface area contributed by atoms with E-state index < -0.39 is 0 Å². The van der Waals surface area contributed by atoms with Crippen LogP contribution in [0.1, 0.15) is 29.8 Å². The SMILES string of the molecule is O=C(NC1CC2CCC1N2)c1cc2cccn2cn1. The monoisotopic (exact) mass is 256 g/mol. The maximum Gasteiger partial charge on any atom is 0.270 e. The Labute approximate surface area is 111 Å². The van der Waals surface area contributed by atoms with Crippen LogP contribution in [-0.4, -0.2) is 33.4 Å². The number of carbonyl (C=O) groups is 1. The van der Waals surface area contributed by atoms with Gasteiger partial charge in [-0.05, 0) is 37.5 Å². The largest absolute Gasteiger partial charge is 0.346 e. The average molecular weight is 256 g/mol. The zero-order valence-corrected chi connectivity index (χ0v) is 10.5. The van der Waals surface area contributed by atoms with E-state index in [1.807, 2.05) is 28.8 Å². The van der Waals surface area contributed by atoms with Crippen LogP contribution in [0.15, 0.2) is 30.7 Å². The molecule has 0 saturated carbocycles. The quantitative estimate of drug-likeness (QED) is 0.841. The lowest BCUT2D eigenvalue weighted by molar-refractivity contribution is 0.0926. The van der Waals surface area contributed by atoms with Crippen molar-refractivity contribution >= 4 is 11.4 Å². The maximum absolute atomic E-state index is 12.2. The predicted molar refractivity (Wildman–Crippen MR) is 71.0 cm³/mol. The van der Waals surface area contributed by atoms with Gasteiger partial charge in [-0.25, -0.2) is 4.98 Å². The molecule has 2 aliphatic heterocycles. The van der Waals surface area contributed by atoms with Gasteiger partial charge in [-0.2, -0.15) is 0 Å². The van der Waals surface area contributed by atoms with Gasteiger partial charge < -0.3 is 15.0 Å². The van der Waals surface area contributed by atoms with E-state index in [9.17, 15) is 4.79 Å². The minimum absolute atomic E-state index is 0.0666. The summed E-state index contributed by atoms with van der Waals surface area (Å²) in [6.07, 6.45) is 7.06. The summed E-state index contributed by atoms with van der Waals surface area (Å²) in [7, 11) is 0. The summed E-state index contributed by atoms with van der Waals surface area (Å²) in [4.78, 5) is 16.4. The number of amides is 1. The number of hydrogen-bond donors (Lipinski definition) is 2. The third kappa shape index (κ3) is 1.81. The molecule has 2 aromatic rings. The lowest BCUT2D eigenvalue weighted by Gasteiger charge is -2.21. The molecule has 2 N–H and O–H groups in total. The molecule has 2 fully saturated rings. The summed E-state index contributed by atoms with van der Waals surface area (Å²) < 4.78 is 1.90. The molecule has 2 bridgehead atoms. The van der Waals surface area contributed by atoms with E-state index in [2.05, 4.69) is 15.6 Å². The molecule has 0 aliphatic carbocycles. The first-order chi connectivity index (χ1) is 9.29. The van der Waals surface area contributed by atoms with Gasteiger partial charge in [0.05, 0.1) is 6.33 Å². The molecule has 3 atom stereocenters. The number of rotatable bonds is 2. The molecule has 2 aliphatic rings. The molecular weight excluding hydrogens is 240 g/mol. The van der Waals surface area contributed by atoms with Gasteiger partial charge in [0.1, 0.15) is 5.69 Å². The summed E-state index contributed by atoms with van der Waals surface area (Å²) in [5.74, 6) is -0.0666. The van der Waals surface area contributed by atoms with E-state index in [-0.39, 0.29) is 11.9 Å². The maximum atomic E-state index is 12.2. The van der Waals surface area contributed by atoms with Crippen LogP contribution in [0.5, 0.6) is 0 Å². The van der Waals surface area contributed by atoms with Crippen LogP contribution in [0.4, 0.5) is 0 Å². The highest BCUT2D eigenvalue weighted by molar-refractivity contribution is 5.93. The molecule has 5 heteroatoms. The second-order valence-corrected chi connectivity index (χ2v) is 5.48. The molecule has 5 nitrogen and oxygen atoms in total. The van der Waals surface area contributed by atoms with Crippen molar-refractivity contribution in [1.29, 1.82) is 0 Å². The number of nitrogens with zero attached hydrogens (tertiary/aromatic N) is 2. The number of fused-ring (bicyclic) bond motifs is 3. The molecule has 2 aromatic heterocycles. The van der Waals surface area contributed by atoms with Crippen LogP contribution < -0.4 is 10.6 Å². The Balaban J connectivity index is 1.53. The highest BCUT2D eigenvalue weighted by Gasteiger charge is 2.39. The van der Waals surface area contributed by atoms with E-state index in [0.29, 0.717) is 17.8 Å². The zero-order chi connectivity index (χ0) is 12.8. The van der Waals surface area contributed by atoms with Gasteiger partial charge >= 0.3 is 0 Å². The molecule has 4 heterocycles. The van der Waals surface area contributed by atoms with Crippen LogP contribution in [0, 0.1) is 0 Å². The summed E-state index contributed by atoms with van der Waals surface area (Å²) in [6, 6.07) is 7.05. The third-order valence-corrected chi connectivity index (χ3v) is 4.27. The first-order valence-electron chi connectivity index (χ1n) is 6.79. The Morgan fingerprint density at radius 1 is 1.47 bits per heavy atom. The molecule has 0 aromatic carbocycles. The lowest BCUT2D eigenvalue weighted by atomic mass is 9.95. The van der Waals surface area contributed by atoms with E-state index in [0.717, 1.165) is 11.9 Å². The standard InChI is InChI=1S/C14H16N4O/c19-14(17-12-6-9-3-4-11(12)16-9)13-7-10-2-1-5-18(10)8-15-13/h1-2,5,7-9,11-12,16H,3-4,6H2,(H,17,19). The Bertz CT molecular complexity index is 635. The summed E-state index contributed by atoms with van der Waals surface area (Å²) in [5, 5.41) is 6.63. The van der Waals surface area contributed by atoms with Gasteiger partial charge in [0.15, 0.2) is 0 Å². The van der Waals surface area contributed by atoms with Gasteiger partial charge in [0, 0.05) is 29.8 Å². The summed E-state index contributed by atoms with van der Waals surface area (Å²) in [5.41, 5.74) is 1.49. The van der Waals surface area contributed by atoms with Gasteiger partial charge in [0.25, 0.3) is 5.91 Å². The minimum Gasteiger partial charge on any atom is -0.346 e. The Morgan fingerprint density at radius 3 is 3.21 bits per heavy atom. The first-order valence-corrected chi connectivity index (χ1v) is 6.79. The second-order valence-electron chi connectivity index (χ2n) is 5.48. The van der Waals surface area contributed by atoms with E-state index in [1.165, 1.54) is 12.8 Å². The van der Waals surface area contributed by atoms with Gasteiger partial charge in [-0.3, -0.25) is 4.79 Å². The van der Waals surface area contributed by atoms with Crippen LogP contribution in [0.25, 0.3) is 5.52 Å². The molecule has 0 radical (unpaired) electrons. The minimum atomic E-state index is -0.0666. The number of nitrogens with one attached hydrogen (secondary N) is 2. The highest BCUT2D eigenvalue weighted by Crippen LogP contribution is 2.28. The van der Waals surface area contributed by atoms with Crippen LogP contribution >= 0.6 is 0 Å². The fourth-order valence-corrected chi connectivity index (χ4v) is 3.29. The molecule has 1 amide bonds. The lowest BCUT2D eigenvalue weighted by Crippen LogP contribution is -2.43. The van der Waals surface area contributed by atoms with Crippen molar-refractivity contribution in [3.8, 4) is 0 Å². The van der Waals surface area contributed by atoms with Crippen molar-refractivity contribution in [3.05, 3.63) is 36.4 Å². The van der Waals surface area contributed by atoms with Crippen molar-refractivity contribution in [1.82, 2.24) is 20.0 Å². The molecule has 0 spiro atoms. The Hall–Kier alpha value is -1.88. The number of carbonyl (C=O) groups excluding carboxylic acids is 1. The first kappa shape index (κ1) is 11.0. The molecule has 19 heavy (non-hydrogen) atoms. The van der Waals surface area contributed by atoms with Crippen molar-refractivity contribution in [2.75, 3.05) is 0 Å². The Kier molecular flexibility index (Phi) is 2.35. The fourth-order valence-electron chi connectivity index (χ4n) is 3.29. The van der Waals surface area contributed by atoms with Crippen molar-refractivity contribution in [2.24, 2.45) is 0 Å². The van der Waals surface area contributed by atoms with Crippen molar-refractivity contribution in [2.45, 2.75) is 37.4 Å². The van der Waals surface area contributed by atoms with Crippen molar-refractivity contribution < 1.29 is 4.79 Å². The van der Waals surface area contributed by atoms with E-state index in [1.54, 1.807) is 6.33 Å².